The number of ether oxygens (including phenoxy) is 1. The second-order valence-electron chi connectivity index (χ2n) is 11.0. The van der Waals surface area contributed by atoms with Gasteiger partial charge in [-0.1, -0.05) is 0 Å². The molecule has 0 radical (unpaired) electrons. The summed E-state index contributed by atoms with van der Waals surface area (Å²) < 4.78 is 53.6. The first kappa shape index (κ1) is 28.0. The molecule has 12 heteroatoms. The van der Waals surface area contributed by atoms with E-state index in [1.54, 1.807) is 33.4 Å². The number of rotatable bonds is 6. The number of nitrogens with zero attached hydrogens (tertiary/aromatic N) is 4. The van der Waals surface area contributed by atoms with Crippen molar-refractivity contribution >= 4 is 51.5 Å². The van der Waals surface area contributed by atoms with Crippen LogP contribution in [0.4, 0.5) is 24.7 Å². The van der Waals surface area contributed by atoms with E-state index >= 15 is 0 Å². The SMILES string of the molecule is COc1cccc(N2C(=O)CC[C@H]2C(=O)N(c2cccc(F)c2)[C@@H]2C(=O)N(C3CC(F)(F)C3)I3(=CC3)c3ccccc32)n1. The van der Waals surface area contributed by atoms with Gasteiger partial charge in [-0.25, -0.2) is 0 Å². The van der Waals surface area contributed by atoms with Crippen LogP contribution in [-0.4, -0.2) is 59.4 Å². The fourth-order valence-electron chi connectivity index (χ4n) is 6.37. The van der Waals surface area contributed by atoms with Crippen molar-refractivity contribution in [3.63, 3.8) is 0 Å². The number of halogens is 4. The number of fused-ring (bicyclic) bond motifs is 2. The number of hydrogen-bond acceptors (Lipinski definition) is 5. The van der Waals surface area contributed by atoms with Gasteiger partial charge < -0.3 is 0 Å². The van der Waals surface area contributed by atoms with Crippen LogP contribution in [0.25, 0.3) is 0 Å². The Bertz CT molecular complexity index is 1720. The predicted molar refractivity (Wildman–Crippen MR) is 163 cm³/mol. The molecule has 7 rings (SSSR count). The number of aromatic nitrogens is 1. The van der Waals surface area contributed by atoms with Crippen molar-refractivity contribution in [2.75, 3.05) is 21.3 Å². The molecule has 1 aromatic heterocycles. The van der Waals surface area contributed by atoms with Gasteiger partial charge >= 0.3 is 250 Å². The topological polar surface area (TPSA) is 83.0 Å². The number of carbonyl (C=O) groups excluding carboxylic acids is 3. The first-order valence-corrected chi connectivity index (χ1v) is 18.7. The molecule has 43 heavy (non-hydrogen) atoms. The summed E-state index contributed by atoms with van der Waals surface area (Å²) in [5, 5.41) is 0. The number of hydrogen-bond donors (Lipinski definition) is 0. The third-order valence-corrected chi connectivity index (χ3v) is 17.1. The maximum absolute atomic E-state index is 14.7. The predicted octanol–water partition coefficient (Wildman–Crippen LogP) is 5.08. The van der Waals surface area contributed by atoms with Crippen LogP contribution in [0.2, 0.25) is 0 Å². The summed E-state index contributed by atoms with van der Waals surface area (Å²) in [6.45, 7) is 0. The molecule has 224 valence electrons. The molecule has 1 unspecified atom stereocenters. The number of carbonyl (C=O) groups is 3. The third-order valence-electron chi connectivity index (χ3n) is 8.40. The van der Waals surface area contributed by atoms with E-state index < -0.39 is 72.8 Å². The van der Waals surface area contributed by atoms with Gasteiger partial charge in [-0.05, 0) is 0 Å². The van der Waals surface area contributed by atoms with E-state index in [4.69, 9.17) is 4.74 Å². The van der Waals surface area contributed by atoms with Crippen molar-refractivity contribution < 1.29 is 32.3 Å². The number of pyridine rings is 1. The molecule has 0 bridgehead atoms. The van der Waals surface area contributed by atoms with Crippen LogP contribution in [-0.2, 0) is 14.4 Å². The van der Waals surface area contributed by atoms with Gasteiger partial charge in [0.25, 0.3) is 0 Å². The Kier molecular flexibility index (Phi) is 6.60. The Balaban J connectivity index is 1.36. The zero-order valence-corrected chi connectivity index (χ0v) is 25.3. The Labute approximate surface area is 249 Å². The van der Waals surface area contributed by atoms with Gasteiger partial charge in [-0.2, -0.15) is 0 Å². The first-order chi connectivity index (χ1) is 20.6. The number of benzene rings is 2. The fourth-order valence-corrected chi connectivity index (χ4v) is 16.5. The van der Waals surface area contributed by atoms with Crippen LogP contribution in [0.3, 0.4) is 0 Å². The minimum atomic E-state index is -3.22. The zero-order valence-electron chi connectivity index (χ0n) is 23.1. The maximum atomic E-state index is 14.7. The Morgan fingerprint density at radius 3 is 2.51 bits per heavy atom. The molecule has 2 fully saturated rings. The normalized spacial score (nSPS) is 27.2. The molecular weight excluding hydrogens is 676 g/mol. The van der Waals surface area contributed by atoms with Gasteiger partial charge in [-0.3, -0.25) is 0 Å². The molecule has 0 N–H and O–H groups in total. The summed E-state index contributed by atoms with van der Waals surface area (Å²) in [6, 6.07) is 14.7. The van der Waals surface area contributed by atoms with E-state index in [2.05, 4.69) is 9.00 Å². The molecule has 1 spiro atoms. The van der Waals surface area contributed by atoms with Gasteiger partial charge in [0.2, 0.25) is 0 Å². The molecule has 3 amide bonds. The van der Waals surface area contributed by atoms with Gasteiger partial charge in [0, 0.05) is 0 Å². The van der Waals surface area contributed by atoms with E-state index in [1.807, 2.05) is 12.1 Å². The third kappa shape index (κ3) is 4.52. The summed E-state index contributed by atoms with van der Waals surface area (Å²) in [5.74, 6) is -4.33. The zero-order chi connectivity index (χ0) is 30.1. The average Bonchev–Trinajstić information content (AvgIpc) is 3.67. The molecule has 8 nitrogen and oxygen atoms in total. The van der Waals surface area contributed by atoms with E-state index in [0.717, 1.165) is 3.57 Å². The van der Waals surface area contributed by atoms with Crippen LogP contribution in [0.1, 0.15) is 37.3 Å². The quantitative estimate of drug-likeness (QED) is 0.203. The number of methoxy groups -OCH3 is 1. The van der Waals surface area contributed by atoms with Crippen molar-refractivity contribution in [1.29, 1.82) is 0 Å². The minimum absolute atomic E-state index is 0.0673. The molecule has 1 aliphatic carbocycles. The second kappa shape index (κ2) is 10.1. The van der Waals surface area contributed by atoms with Gasteiger partial charge in [0.1, 0.15) is 0 Å². The molecule has 3 aromatic rings. The first-order valence-electron chi connectivity index (χ1n) is 13.9. The summed E-state index contributed by atoms with van der Waals surface area (Å²) in [4.78, 5) is 49.4. The van der Waals surface area contributed by atoms with E-state index in [0.29, 0.717) is 9.99 Å². The van der Waals surface area contributed by atoms with E-state index in [9.17, 15) is 27.6 Å². The van der Waals surface area contributed by atoms with Crippen molar-refractivity contribution in [3.05, 3.63) is 81.7 Å². The molecule has 3 aliphatic heterocycles. The van der Waals surface area contributed by atoms with Gasteiger partial charge in [0.05, 0.1) is 0 Å². The summed E-state index contributed by atoms with van der Waals surface area (Å²) >= 11 is -3.22. The average molecular weight is 704 g/mol. The van der Waals surface area contributed by atoms with E-state index in [1.165, 1.54) is 41.2 Å². The molecule has 4 aliphatic rings. The molecule has 1 saturated heterocycles. The molecule has 4 heterocycles. The van der Waals surface area contributed by atoms with Crippen LogP contribution in [0, 0.1) is 9.39 Å². The van der Waals surface area contributed by atoms with Crippen LogP contribution >= 0.6 is 18.2 Å². The van der Waals surface area contributed by atoms with Crippen molar-refractivity contribution in [3.8, 4) is 5.88 Å². The Hall–Kier alpha value is -3.81. The Morgan fingerprint density at radius 1 is 1.07 bits per heavy atom. The standard InChI is InChI=1S/C31H28F3IN4O4/c1-43-26-11-5-10-25(36-26)38-24(12-13-27(38)40)29(41)37(20-7-4-6-19(32)16-20)28-22-8-2-3-9-23(22)35(14-15-35)39(30(28)42)21-17-31(33,34)18-21/h2-11,14,16,21,24,28H,12-13,15,17-18H2,1H3/t24-,28-/m0/s1. The number of alkyl halides is 3. The van der Waals surface area contributed by atoms with E-state index in [-0.39, 0.29) is 36.1 Å². The molecule has 2 aromatic carbocycles. The number of anilines is 2. The van der Waals surface area contributed by atoms with Crippen molar-refractivity contribution in [1.82, 2.24) is 8.10 Å². The summed E-state index contributed by atoms with van der Waals surface area (Å²) in [7, 11) is 1.44. The molecule has 3 atom stereocenters. The molecular formula is C31H28F3IN4O4. The molecule has 1 saturated carbocycles. The fraction of sp³-hybridized carbons (Fsp3) is 0.323. The Morgan fingerprint density at radius 2 is 1.81 bits per heavy atom. The van der Waals surface area contributed by atoms with Crippen LogP contribution in [0.15, 0.2) is 66.7 Å². The van der Waals surface area contributed by atoms with Crippen LogP contribution in [0.5, 0.6) is 5.88 Å². The number of amides is 3. The van der Waals surface area contributed by atoms with Crippen molar-refractivity contribution in [2.45, 2.75) is 49.7 Å². The van der Waals surface area contributed by atoms with Gasteiger partial charge in [0.15, 0.2) is 0 Å². The second-order valence-corrected chi connectivity index (χ2v) is 19.0. The van der Waals surface area contributed by atoms with Crippen molar-refractivity contribution in [2.24, 2.45) is 0 Å². The monoisotopic (exact) mass is 704 g/mol. The summed E-state index contributed by atoms with van der Waals surface area (Å²) in [5.41, 5.74) is 0.755. The van der Waals surface area contributed by atoms with Crippen LogP contribution < -0.4 is 14.5 Å². The summed E-state index contributed by atoms with van der Waals surface area (Å²) in [6.07, 6.45) is -0.629. The van der Waals surface area contributed by atoms with Gasteiger partial charge in [-0.15, -0.1) is 0 Å².